The van der Waals surface area contributed by atoms with Gasteiger partial charge in [0.05, 0.1) is 11.5 Å². The Hall–Kier alpha value is -1.58. The molecule has 0 saturated heterocycles. The predicted molar refractivity (Wildman–Crippen MR) is 89.9 cm³/mol. The van der Waals surface area contributed by atoms with Crippen molar-refractivity contribution in [3.05, 3.63) is 29.8 Å². The summed E-state index contributed by atoms with van der Waals surface area (Å²) in [6.45, 7) is 2.09. The molecule has 0 aromatic heterocycles. The monoisotopic (exact) mass is 357 g/mol. The summed E-state index contributed by atoms with van der Waals surface area (Å²) >= 11 is 1.59. The molecule has 0 aliphatic carbocycles. The second kappa shape index (κ2) is 7.80. The van der Waals surface area contributed by atoms with Gasteiger partial charge in [-0.25, -0.2) is 13.9 Å². The van der Waals surface area contributed by atoms with E-state index in [4.69, 9.17) is 4.84 Å². The zero-order valence-corrected chi connectivity index (χ0v) is 14.5. The zero-order chi connectivity index (χ0) is 16.9. The minimum Gasteiger partial charge on any atom is -0.274 e. The summed E-state index contributed by atoms with van der Waals surface area (Å²) in [7, 11) is -3.61. The number of carbonyl (C=O) groups is 1. The van der Waals surface area contributed by atoms with Gasteiger partial charge in [-0.1, -0.05) is 12.1 Å². The summed E-state index contributed by atoms with van der Waals surface area (Å²) in [4.78, 5) is 21.6. The number of sulfonamides is 1. The Morgan fingerprint density at radius 1 is 1.43 bits per heavy atom. The molecule has 1 amide bonds. The first kappa shape index (κ1) is 17.8. The molecule has 23 heavy (non-hydrogen) atoms. The number of nitrogens with one attached hydrogen (secondary N) is 2. The molecule has 1 unspecified atom stereocenters. The van der Waals surface area contributed by atoms with Crippen molar-refractivity contribution in [2.24, 2.45) is 4.99 Å². The maximum Gasteiger partial charge on any atom is 0.268 e. The van der Waals surface area contributed by atoms with Crippen molar-refractivity contribution in [3.8, 4) is 0 Å². The van der Waals surface area contributed by atoms with Crippen molar-refractivity contribution < 1.29 is 18.0 Å². The molecule has 2 rings (SSSR count). The average molecular weight is 357 g/mol. The molecule has 1 aliphatic heterocycles. The van der Waals surface area contributed by atoms with E-state index in [2.05, 4.69) is 15.2 Å². The third-order valence-electron chi connectivity index (χ3n) is 3.16. The maximum atomic E-state index is 12.1. The number of fused-ring (bicyclic) bond motifs is 1. The number of amides is 1. The van der Waals surface area contributed by atoms with Crippen LogP contribution in [-0.4, -0.2) is 44.8 Å². The summed E-state index contributed by atoms with van der Waals surface area (Å²) in [5.74, 6) is 0.519. The smallest absolute Gasteiger partial charge is 0.268 e. The highest BCUT2D eigenvalue weighted by atomic mass is 32.2. The summed E-state index contributed by atoms with van der Waals surface area (Å²) in [6, 6.07) is 5.83. The Labute approximate surface area is 139 Å². The van der Waals surface area contributed by atoms with Crippen LogP contribution >= 0.6 is 11.8 Å². The zero-order valence-electron chi connectivity index (χ0n) is 12.9. The Balaban J connectivity index is 2.30. The fourth-order valence-electron chi connectivity index (χ4n) is 2.08. The molecule has 0 saturated carbocycles. The molecule has 1 atom stereocenters. The van der Waals surface area contributed by atoms with Gasteiger partial charge in [0.2, 0.25) is 0 Å². The van der Waals surface area contributed by atoms with Gasteiger partial charge in [0.15, 0.2) is 0 Å². The number of carbonyl (C=O) groups excluding carboxylic acids is 1. The summed E-state index contributed by atoms with van der Waals surface area (Å²) in [5, 5.41) is 0. The van der Waals surface area contributed by atoms with Gasteiger partial charge in [0, 0.05) is 5.56 Å². The van der Waals surface area contributed by atoms with Crippen molar-refractivity contribution >= 4 is 33.5 Å². The molecule has 7 nitrogen and oxygen atoms in total. The van der Waals surface area contributed by atoms with E-state index >= 15 is 0 Å². The van der Waals surface area contributed by atoms with Gasteiger partial charge in [-0.05, 0) is 37.5 Å². The molecular formula is C14H19N3O4S2. The molecule has 1 aromatic carbocycles. The maximum absolute atomic E-state index is 12.1. The van der Waals surface area contributed by atoms with E-state index in [9.17, 15) is 13.2 Å². The summed E-state index contributed by atoms with van der Waals surface area (Å²) < 4.78 is 26.6. The topological polar surface area (TPSA) is 96.9 Å². The van der Waals surface area contributed by atoms with E-state index in [1.807, 2.05) is 6.26 Å². The molecule has 2 N–H and O–H groups in total. The van der Waals surface area contributed by atoms with Crippen LogP contribution in [0.25, 0.3) is 0 Å². The third-order valence-corrected chi connectivity index (χ3v) is 5.20. The summed E-state index contributed by atoms with van der Waals surface area (Å²) in [6.07, 6.45) is 2.41. The molecule has 126 valence electrons. The lowest BCUT2D eigenvalue weighted by molar-refractivity contribution is -0.134. The van der Waals surface area contributed by atoms with Gasteiger partial charge in [0.25, 0.3) is 15.9 Å². The van der Waals surface area contributed by atoms with Gasteiger partial charge < -0.3 is 0 Å². The number of thioether (sulfide) groups is 1. The second-order valence-electron chi connectivity index (χ2n) is 4.78. The van der Waals surface area contributed by atoms with Crippen LogP contribution in [0.1, 0.15) is 18.9 Å². The van der Waals surface area contributed by atoms with E-state index in [-0.39, 0.29) is 10.7 Å². The van der Waals surface area contributed by atoms with Crippen LogP contribution < -0.4 is 10.2 Å². The fourth-order valence-corrected chi connectivity index (χ4v) is 3.78. The van der Waals surface area contributed by atoms with E-state index < -0.39 is 22.0 Å². The lowest BCUT2D eigenvalue weighted by atomic mass is 10.2. The SMILES string of the molecule is CCONC(=O)C(CCSC)N=C1NS(=O)(=O)c2ccccc21. The van der Waals surface area contributed by atoms with Crippen LogP contribution in [0.3, 0.4) is 0 Å². The van der Waals surface area contributed by atoms with Crippen molar-refractivity contribution in [1.82, 2.24) is 10.2 Å². The molecular weight excluding hydrogens is 338 g/mol. The average Bonchev–Trinajstić information content (AvgIpc) is 2.80. The molecule has 1 aliphatic rings. The van der Waals surface area contributed by atoms with Gasteiger partial charge in [-0.15, -0.1) is 0 Å². The van der Waals surface area contributed by atoms with Gasteiger partial charge in [-0.2, -0.15) is 11.8 Å². The quantitative estimate of drug-likeness (QED) is 0.707. The number of amidine groups is 1. The Morgan fingerprint density at radius 3 is 2.87 bits per heavy atom. The van der Waals surface area contributed by atoms with E-state index in [1.165, 1.54) is 6.07 Å². The number of hydrogen-bond acceptors (Lipinski definition) is 6. The highest BCUT2D eigenvalue weighted by molar-refractivity contribution is 7.98. The van der Waals surface area contributed by atoms with Crippen molar-refractivity contribution in [1.29, 1.82) is 0 Å². The highest BCUT2D eigenvalue weighted by Crippen LogP contribution is 2.23. The lowest BCUT2D eigenvalue weighted by Crippen LogP contribution is -2.36. The van der Waals surface area contributed by atoms with Crippen LogP contribution in [0, 0.1) is 0 Å². The second-order valence-corrected chi connectivity index (χ2v) is 7.41. The first-order valence-electron chi connectivity index (χ1n) is 7.10. The van der Waals surface area contributed by atoms with Gasteiger partial charge in [0.1, 0.15) is 11.9 Å². The number of hydrogen-bond donors (Lipinski definition) is 2. The number of benzene rings is 1. The fraction of sp³-hybridized carbons (Fsp3) is 0.429. The minimum absolute atomic E-state index is 0.174. The normalized spacial score (nSPS) is 18.3. The number of nitrogens with zero attached hydrogens (tertiary/aromatic N) is 1. The molecule has 0 spiro atoms. The van der Waals surface area contributed by atoms with Crippen LogP contribution in [0.15, 0.2) is 34.2 Å². The molecule has 1 heterocycles. The standard InChI is InChI=1S/C14H19N3O4S2/c1-3-21-16-14(18)11(8-9-22-2)15-13-10-6-4-5-7-12(10)23(19,20)17-13/h4-7,11H,3,8-9H2,1-2H3,(H,15,17)(H,16,18). The molecule has 0 fully saturated rings. The van der Waals surface area contributed by atoms with E-state index in [0.29, 0.717) is 18.6 Å². The van der Waals surface area contributed by atoms with Crippen molar-refractivity contribution in [3.63, 3.8) is 0 Å². The molecule has 9 heteroatoms. The highest BCUT2D eigenvalue weighted by Gasteiger charge is 2.31. The first-order valence-corrected chi connectivity index (χ1v) is 9.98. The van der Waals surface area contributed by atoms with Gasteiger partial charge >= 0.3 is 0 Å². The Kier molecular flexibility index (Phi) is 6.03. The first-order chi connectivity index (χ1) is 11.0. The Morgan fingerprint density at radius 2 is 2.17 bits per heavy atom. The molecule has 0 bridgehead atoms. The lowest BCUT2D eigenvalue weighted by Gasteiger charge is -2.13. The van der Waals surface area contributed by atoms with Crippen LogP contribution in [0.2, 0.25) is 0 Å². The number of aliphatic imine (C=N–C) groups is 1. The summed E-state index contributed by atoms with van der Waals surface area (Å²) in [5.41, 5.74) is 2.81. The van der Waals surface area contributed by atoms with E-state index in [0.717, 1.165) is 5.75 Å². The van der Waals surface area contributed by atoms with Crippen LogP contribution in [0.4, 0.5) is 0 Å². The van der Waals surface area contributed by atoms with Crippen molar-refractivity contribution in [2.45, 2.75) is 24.3 Å². The Bertz CT molecular complexity index is 704. The van der Waals surface area contributed by atoms with Crippen LogP contribution in [0.5, 0.6) is 0 Å². The minimum atomic E-state index is -3.61. The van der Waals surface area contributed by atoms with Crippen molar-refractivity contribution in [2.75, 3.05) is 18.6 Å². The van der Waals surface area contributed by atoms with Crippen LogP contribution in [-0.2, 0) is 19.7 Å². The molecule has 1 aromatic rings. The molecule has 0 radical (unpaired) electrons. The predicted octanol–water partition coefficient (Wildman–Crippen LogP) is 0.915. The number of hydroxylamine groups is 1. The number of rotatable bonds is 7. The third kappa shape index (κ3) is 4.24. The van der Waals surface area contributed by atoms with E-state index in [1.54, 1.807) is 36.9 Å². The van der Waals surface area contributed by atoms with Gasteiger partial charge in [-0.3, -0.25) is 19.3 Å². The largest absolute Gasteiger partial charge is 0.274 e.